The first-order chi connectivity index (χ1) is 11.4. The molecule has 1 heterocycles. The van der Waals surface area contributed by atoms with E-state index < -0.39 is 11.9 Å². The molecule has 134 valence electrons. The topological polar surface area (TPSA) is 48.0 Å². The molecule has 0 radical (unpaired) electrons. The molecule has 1 aromatic rings. The first-order valence-electron chi connectivity index (χ1n) is 8.56. The van der Waals surface area contributed by atoms with Crippen molar-refractivity contribution in [2.75, 3.05) is 27.3 Å². The molecule has 1 atom stereocenters. The van der Waals surface area contributed by atoms with E-state index in [4.69, 9.17) is 14.2 Å². The number of carbonyl (C=O) groups excluding carboxylic acids is 1. The zero-order valence-electron chi connectivity index (χ0n) is 15.4. The minimum absolute atomic E-state index is 0.00347. The molecule has 1 fully saturated rings. The van der Waals surface area contributed by atoms with Crippen molar-refractivity contribution in [2.24, 2.45) is 0 Å². The van der Waals surface area contributed by atoms with Gasteiger partial charge in [-0.25, -0.2) is 0 Å². The number of likely N-dealkylation sites (tertiary alicyclic amines) is 1. The van der Waals surface area contributed by atoms with E-state index in [9.17, 15) is 4.79 Å². The third-order valence-corrected chi connectivity index (χ3v) is 4.79. The van der Waals surface area contributed by atoms with Gasteiger partial charge in [0.25, 0.3) is 5.91 Å². The van der Waals surface area contributed by atoms with Crippen LogP contribution in [0.4, 0.5) is 0 Å². The maximum atomic E-state index is 12.6. The van der Waals surface area contributed by atoms with Crippen LogP contribution in [0.1, 0.15) is 45.1 Å². The van der Waals surface area contributed by atoms with Gasteiger partial charge in [-0.2, -0.15) is 0 Å². The quantitative estimate of drug-likeness (QED) is 0.749. The number of carbonyl (C=O) groups is 1. The Kier molecular flexibility index (Phi) is 6.24. The van der Waals surface area contributed by atoms with Crippen molar-refractivity contribution in [3.05, 3.63) is 29.8 Å². The zero-order valence-corrected chi connectivity index (χ0v) is 15.4. The smallest absolute Gasteiger partial charge is 0.263 e. The van der Waals surface area contributed by atoms with E-state index in [-0.39, 0.29) is 5.91 Å². The van der Waals surface area contributed by atoms with Gasteiger partial charge in [0.05, 0.1) is 0 Å². The Morgan fingerprint density at radius 1 is 1.04 bits per heavy atom. The highest BCUT2D eigenvalue weighted by molar-refractivity contribution is 5.81. The Morgan fingerprint density at radius 3 is 2.04 bits per heavy atom. The number of benzene rings is 1. The molecule has 1 saturated heterocycles. The van der Waals surface area contributed by atoms with E-state index in [1.54, 1.807) is 21.1 Å². The lowest BCUT2D eigenvalue weighted by atomic mass is 10.0. The van der Waals surface area contributed by atoms with Crippen molar-refractivity contribution in [1.82, 2.24) is 4.90 Å². The largest absolute Gasteiger partial charge is 0.481 e. The second-order valence-corrected chi connectivity index (χ2v) is 6.63. The Hall–Kier alpha value is -1.59. The summed E-state index contributed by atoms with van der Waals surface area (Å²) < 4.78 is 16.7. The van der Waals surface area contributed by atoms with E-state index in [1.165, 1.54) is 5.56 Å². The van der Waals surface area contributed by atoms with Gasteiger partial charge in [-0.05, 0) is 30.5 Å². The highest BCUT2D eigenvalue weighted by Gasteiger charge is 2.37. The van der Waals surface area contributed by atoms with Gasteiger partial charge in [-0.15, -0.1) is 0 Å². The van der Waals surface area contributed by atoms with E-state index in [2.05, 4.69) is 13.8 Å². The molecule has 0 bridgehead atoms. The molecule has 1 aliphatic heterocycles. The Balaban J connectivity index is 1.91. The lowest BCUT2D eigenvalue weighted by Gasteiger charge is -2.40. The highest BCUT2D eigenvalue weighted by atomic mass is 16.7. The summed E-state index contributed by atoms with van der Waals surface area (Å²) in [6, 6.07) is 7.94. The van der Waals surface area contributed by atoms with Crippen LogP contribution in [0.2, 0.25) is 0 Å². The van der Waals surface area contributed by atoms with Crippen LogP contribution in [0.3, 0.4) is 0 Å². The molecule has 5 heteroatoms. The number of rotatable bonds is 6. The molecular weight excluding hydrogens is 306 g/mol. The normalized spacial score (nSPS) is 18.5. The fourth-order valence-electron chi connectivity index (χ4n) is 3.00. The van der Waals surface area contributed by atoms with Crippen LogP contribution in [-0.4, -0.2) is 50.0 Å². The molecule has 1 unspecified atom stereocenters. The van der Waals surface area contributed by atoms with Crippen LogP contribution in [-0.2, 0) is 14.3 Å². The van der Waals surface area contributed by atoms with Crippen molar-refractivity contribution in [1.29, 1.82) is 0 Å². The maximum absolute atomic E-state index is 12.6. The lowest BCUT2D eigenvalue weighted by Crippen LogP contribution is -2.51. The number of amides is 1. The Labute approximate surface area is 144 Å². The van der Waals surface area contributed by atoms with E-state index in [0.29, 0.717) is 31.8 Å². The van der Waals surface area contributed by atoms with Crippen LogP contribution in [0.25, 0.3) is 0 Å². The van der Waals surface area contributed by atoms with Crippen LogP contribution in [0.5, 0.6) is 5.75 Å². The van der Waals surface area contributed by atoms with Gasteiger partial charge in [-0.1, -0.05) is 26.0 Å². The summed E-state index contributed by atoms with van der Waals surface area (Å²) in [5.41, 5.74) is 1.26. The summed E-state index contributed by atoms with van der Waals surface area (Å²) in [6.45, 7) is 7.32. The predicted octanol–water partition coefficient (Wildman–Crippen LogP) is 3.19. The van der Waals surface area contributed by atoms with Crippen molar-refractivity contribution >= 4 is 5.91 Å². The van der Waals surface area contributed by atoms with Crippen molar-refractivity contribution in [2.45, 2.75) is 51.4 Å². The molecule has 1 aromatic carbocycles. The van der Waals surface area contributed by atoms with Crippen LogP contribution in [0, 0.1) is 0 Å². The summed E-state index contributed by atoms with van der Waals surface area (Å²) in [6.07, 6.45) is 0.829. The number of hydrogen-bond donors (Lipinski definition) is 0. The van der Waals surface area contributed by atoms with Crippen molar-refractivity contribution < 1.29 is 19.0 Å². The van der Waals surface area contributed by atoms with Gasteiger partial charge in [-0.3, -0.25) is 4.79 Å². The van der Waals surface area contributed by atoms with Crippen molar-refractivity contribution in [3.63, 3.8) is 0 Å². The number of nitrogens with zero attached hydrogens (tertiary/aromatic N) is 1. The number of piperidine rings is 1. The number of methoxy groups -OCH3 is 2. The minimum Gasteiger partial charge on any atom is -0.481 e. The standard InChI is InChI=1S/C19H29NO4/c1-14(2)16-6-8-17(9-7-16)24-15(3)18(21)20-12-10-19(22-4,23-5)11-13-20/h6-9,14-15H,10-13H2,1-5H3. The summed E-state index contributed by atoms with van der Waals surface area (Å²) >= 11 is 0. The van der Waals surface area contributed by atoms with E-state index >= 15 is 0 Å². The Morgan fingerprint density at radius 2 is 1.58 bits per heavy atom. The average Bonchev–Trinajstić information content (AvgIpc) is 2.61. The van der Waals surface area contributed by atoms with Crippen LogP contribution < -0.4 is 4.74 Å². The van der Waals surface area contributed by atoms with Crippen LogP contribution >= 0.6 is 0 Å². The number of hydrogen-bond acceptors (Lipinski definition) is 4. The van der Waals surface area contributed by atoms with E-state index in [1.807, 2.05) is 29.2 Å². The monoisotopic (exact) mass is 335 g/mol. The van der Waals surface area contributed by atoms with Crippen LogP contribution in [0.15, 0.2) is 24.3 Å². The molecule has 1 amide bonds. The molecular formula is C19H29NO4. The fourth-order valence-corrected chi connectivity index (χ4v) is 3.00. The molecule has 0 spiro atoms. The SMILES string of the molecule is COC1(OC)CCN(C(=O)C(C)Oc2ccc(C(C)C)cc2)CC1. The third kappa shape index (κ3) is 4.28. The average molecular weight is 335 g/mol. The summed E-state index contributed by atoms with van der Waals surface area (Å²) in [5.74, 6) is 0.644. The number of ether oxygens (including phenoxy) is 3. The Bertz CT molecular complexity index is 527. The maximum Gasteiger partial charge on any atom is 0.263 e. The van der Waals surface area contributed by atoms with Gasteiger partial charge in [0, 0.05) is 40.2 Å². The summed E-state index contributed by atoms with van der Waals surface area (Å²) in [4.78, 5) is 14.4. The minimum atomic E-state index is -0.562. The molecule has 0 aromatic heterocycles. The fraction of sp³-hybridized carbons (Fsp3) is 0.632. The van der Waals surface area contributed by atoms with Gasteiger partial charge in [0.1, 0.15) is 5.75 Å². The summed E-state index contributed by atoms with van der Waals surface area (Å²) in [5, 5.41) is 0. The van der Waals surface area contributed by atoms with Gasteiger partial charge in [0.2, 0.25) is 0 Å². The molecule has 0 N–H and O–H groups in total. The summed E-state index contributed by atoms with van der Waals surface area (Å²) in [7, 11) is 3.29. The molecule has 1 aliphatic rings. The zero-order chi connectivity index (χ0) is 17.7. The molecule has 0 saturated carbocycles. The molecule has 0 aliphatic carbocycles. The molecule has 24 heavy (non-hydrogen) atoms. The van der Waals surface area contributed by atoms with Gasteiger partial charge >= 0.3 is 0 Å². The van der Waals surface area contributed by atoms with E-state index in [0.717, 1.165) is 5.75 Å². The first-order valence-corrected chi connectivity index (χ1v) is 8.56. The third-order valence-electron chi connectivity index (χ3n) is 4.79. The molecule has 2 rings (SSSR count). The predicted molar refractivity (Wildman–Crippen MR) is 93.2 cm³/mol. The van der Waals surface area contributed by atoms with Gasteiger partial charge < -0.3 is 19.1 Å². The lowest BCUT2D eigenvalue weighted by molar-refractivity contribution is -0.229. The first kappa shape index (κ1) is 18.7. The van der Waals surface area contributed by atoms with Gasteiger partial charge in [0.15, 0.2) is 11.9 Å². The molecule has 5 nitrogen and oxygen atoms in total. The second kappa shape index (κ2) is 7.99. The highest BCUT2D eigenvalue weighted by Crippen LogP contribution is 2.27. The second-order valence-electron chi connectivity index (χ2n) is 6.63. The van der Waals surface area contributed by atoms with Crippen molar-refractivity contribution in [3.8, 4) is 5.75 Å².